The van der Waals surface area contributed by atoms with Crippen LogP contribution in [0, 0.1) is 0 Å². The lowest BCUT2D eigenvalue weighted by Gasteiger charge is -1.98. The van der Waals surface area contributed by atoms with Crippen LogP contribution in [0.15, 0.2) is 12.2 Å². The van der Waals surface area contributed by atoms with Gasteiger partial charge in [0.2, 0.25) is 0 Å². The van der Waals surface area contributed by atoms with Gasteiger partial charge in [-0.25, -0.2) is 0 Å². The Kier molecular flexibility index (Phi) is 5.97. The number of aliphatic hydroxyl groups is 1. The summed E-state index contributed by atoms with van der Waals surface area (Å²) in [6, 6.07) is 0. The standard InChI is InChI=1S/C7H12O3S/c8-6(5-7(9)10)3-1-2-4-11/h1,3,6,8,11H,2,4-5H2,(H,9,10)/t6-/m1/s1. The van der Waals surface area contributed by atoms with Crippen LogP contribution in [0.4, 0.5) is 0 Å². The number of carbonyl (C=O) groups is 1. The monoisotopic (exact) mass is 176 g/mol. The molecule has 0 amide bonds. The molecule has 0 aliphatic carbocycles. The molecule has 0 aliphatic rings. The van der Waals surface area contributed by atoms with Crippen LogP contribution in [0.1, 0.15) is 12.8 Å². The van der Waals surface area contributed by atoms with Crippen LogP contribution in [0.2, 0.25) is 0 Å². The minimum atomic E-state index is -0.993. The van der Waals surface area contributed by atoms with Gasteiger partial charge >= 0.3 is 5.97 Å². The van der Waals surface area contributed by atoms with Gasteiger partial charge in [0, 0.05) is 0 Å². The van der Waals surface area contributed by atoms with E-state index < -0.39 is 12.1 Å². The Hall–Kier alpha value is -0.480. The maximum Gasteiger partial charge on any atom is 0.306 e. The SMILES string of the molecule is O=C(O)C[C@H](O)C=CCCS. The summed E-state index contributed by atoms with van der Waals surface area (Å²) in [4.78, 5) is 10.0. The third-order valence-electron chi connectivity index (χ3n) is 1.04. The Bertz CT molecular complexity index is 145. The molecule has 0 saturated carbocycles. The summed E-state index contributed by atoms with van der Waals surface area (Å²) >= 11 is 3.94. The van der Waals surface area contributed by atoms with Crippen LogP contribution in [-0.2, 0) is 4.79 Å². The maximum atomic E-state index is 10.0. The van der Waals surface area contributed by atoms with Gasteiger partial charge in [-0.05, 0) is 12.2 Å². The lowest BCUT2D eigenvalue weighted by Crippen LogP contribution is -2.09. The normalized spacial score (nSPS) is 13.6. The number of thiol groups is 1. The third-order valence-corrected chi connectivity index (χ3v) is 1.30. The molecule has 1 atom stereocenters. The number of carboxylic acid groups (broad SMARTS) is 1. The van der Waals surface area contributed by atoms with Crippen LogP contribution in [0.3, 0.4) is 0 Å². The molecule has 3 nitrogen and oxygen atoms in total. The highest BCUT2D eigenvalue weighted by molar-refractivity contribution is 7.80. The van der Waals surface area contributed by atoms with E-state index >= 15 is 0 Å². The van der Waals surface area contributed by atoms with Gasteiger partial charge in [-0.1, -0.05) is 12.2 Å². The Morgan fingerprint density at radius 1 is 1.64 bits per heavy atom. The molecule has 0 unspecified atom stereocenters. The molecule has 64 valence electrons. The predicted molar refractivity (Wildman–Crippen MR) is 45.9 cm³/mol. The quantitative estimate of drug-likeness (QED) is 0.427. The molecule has 0 fully saturated rings. The molecule has 0 heterocycles. The largest absolute Gasteiger partial charge is 0.481 e. The van der Waals surface area contributed by atoms with E-state index in [1.165, 1.54) is 6.08 Å². The summed E-state index contributed by atoms with van der Waals surface area (Å²) in [6.07, 6.45) is 2.85. The van der Waals surface area contributed by atoms with Crippen molar-refractivity contribution in [1.29, 1.82) is 0 Å². The van der Waals surface area contributed by atoms with E-state index in [0.717, 1.165) is 6.42 Å². The van der Waals surface area contributed by atoms with Gasteiger partial charge in [-0.15, -0.1) is 0 Å². The van der Waals surface area contributed by atoms with Crippen molar-refractivity contribution in [3.8, 4) is 0 Å². The Morgan fingerprint density at radius 2 is 2.27 bits per heavy atom. The highest BCUT2D eigenvalue weighted by atomic mass is 32.1. The number of rotatable bonds is 5. The first-order valence-electron chi connectivity index (χ1n) is 3.34. The highest BCUT2D eigenvalue weighted by Crippen LogP contribution is 1.95. The molecule has 0 aliphatic heterocycles. The molecule has 0 rings (SSSR count). The number of hydrogen-bond donors (Lipinski definition) is 3. The van der Waals surface area contributed by atoms with Gasteiger partial charge < -0.3 is 10.2 Å². The lowest BCUT2D eigenvalue weighted by molar-refractivity contribution is -0.138. The summed E-state index contributed by atoms with van der Waals surface area (Å²) in [5.41, 5.74) is 0. The van der Waals surface area contributed by atoms with Crippen molar-refractivity contribution < 1.29 is 15.0 Å². The van der Waals surface area contributed by atoms with Crippen LogP contribution < -0.4 is 0 Å². The van der Waals surface area contributed by atoms with Gasteiger partial charge in [0.25, 0.3) is 0 Å². The van der Waals surface area contributed by atoms with Crippen molar-refractivity contribution in [2.45, 2.75) is 18.9 Å². The average molecular weight is 176 g/mol. The zero-order valence-electron chi connectivity index (χ0n) is 6.10. The predicted octanol–water partition coefficient (Wildman–Crippen LogP) is 0.698. The van der Waals surface area contributed by atoms with E-state index in [-0.39, 0.29) is 6.42 Å². The molecule has 11 heavy (non-hydrogen) atoms. The number of hydrogen-bond acceptors (Lipinski definition) is 3. The van der Waals surface area contributed by atoms with Gasteiger partial charge in [0.15, 0.2) is 0 Å². The van der Waals surface area contributed by atoms with Crippen molar-refractivity contribution in [3.05, 3.63) is 12.2 Å². The summed E-state index contributed by atoms with van der Waals surface area (Å²) in [7, 11) is 0. The van der Waals surface area contributed by atoms with Crippen LogP contribution >= 0.6 is 12.6 Å². The van der Waals surface area contributed by atoms with E-state index in [4.69, 9.17) is 10.2 Å². The second kappa shape index (κ2) is 6.24. The van der Waals surface area contributed by atoms with E-state index in [0.29, 0.717) is 5.75 Å². The molecule has 0 radical (unpaired) electrons. The van der Waals surface area contributed by atoms with E-state index in [2.05, 4.69) is 12.6 Å². The maximum absolute atomic E-state index is 10.0. The molecule has 0 bridgehead atoms. The van der Waals surface area contributed by atoms with E-state index in [1.807, 2.05) is 0 Å². The Balaban J connectivity index is 3.50. The van der Waals surface area contributed by atoms with Gasteiger partial charge in [0.05, 0.1) is 12.5 Å². The fourth-order valence-electron chi connectivity index (χ4n) is 0.575. The molecule has 0 spiro atoms. The van der Waals surface area contributed by atoms with Crippen molar-refractivity contribution >= 4 is 18.6 Å². The molecule has 0 aromatic rings. The smallest absolute Gasteiger partial charge is 0.306 e. The zero-order valence-corrected chi connectivity index (χ0v) is 7.00. The third kappa shape index (κ3) is 7.42. The average Bonchev–Trinajstić information content (AvgIpc) is 1.86. The minimum absolute atomic E-state index is 0.233. The molecule has 0 saturated heterocycles. The Morgan fingerprint density at radius 3 is 2.73 bits per heavy atom. The molecule has 2 N–H and O–H groups in total. The summed E-state index contributed by atoms with van der Waals surface area (Å²) in [6.45, 7) is 0. The first kappa shape index (κ1) is 10.5. The molecule has 0 aromatic heterocycles. The van der Waals surface area contributed by atoms with Crippen molar-refractivity contribution in [2.75, 3.05) is 5.75 Å². The van der Waals surface area contributed by atoms with Gasteiger partial charge in [-0.3, -0.25) is 4.79 Å². The molecule has 0 aromatic carbocycles. The lowest BCUT2D eigenvalue weighted by atomic mass is 10.2. The number of carboxylic acids is 1. The number of allylic oxidation sites excluding steroid dienone is 1. The van der Waals surface area contributed by atoms with Gasteiger partial charge in [0.1, 0.15) is 0 Å². The second-order valence-electron chi connectivity index (χ2n) is 2.11. The molecule has 4 heteroatoms. The zero-order chi connectivity index (χ0) is 8.69. The highest BCUT2D eigenvalue weighted by Gasteiger charge is 2.03. The van der Waals surface area contributed by atoms with Crippen molar-refractivity contribution in [3.63, 3.8) is 0 Å². The van der Waals surface area contributed by atoms with Gasteiger partial charge in [-0.2, -0.15) is 12.6 Å². The molecular weight excluding hydrogens is 164 g/mol. The van der Waals surface area contributed by atoms with E-state index in [1.54, 1.807) is 6.08 Å². The van der Waals surface area contributed by atoms with Crippen LogP contribution in [-0.4, -0.2) is 28.0 Å². The van der Waals surface area contributed by atoms with E-state index in [9.17, 15) is 4.79 Å². The minimum Gasteiger partial charge on any atom is -0.481 e. The summed E-state index contributed by atoms with van der Waals surface area (Å²) < 4.78 is 0. The summed E-state index contributed by atoms with van der Waals surface area (Å²) in [5.74, 6) is -0.288. The second-order valence-corrected chi connectivity index (χ2v) is 2.55. The Labute approximate surface area is 71.1 Å². The van der Waals surface area contributed by atoms with Crippen molar-refractivity contribution in [2.24, 2.45) is 0 Å². The van der Waals surface area contributed by atoms with Crippen LogP contribution in [0.5, 0.6) is 0 Å². The first-order valence-corrected chi connectivity index (χ1v) is 3.97. The molecular formula is C7H12O3S. The summed E-state index contributed by atoms with van der Waals surface area (Å²) in [5, 5.41) is 17.2. The number of aliphatic carboxylic acids is 1. The topological polar surface area (TPSA) is 57.5 Å². The fourth-order valence-corrected chi connectivity index (χ4v) is 0.724. The van der Waals surface area contributed by atoms with Crippen LogP contribution in [0.25, 0.3) is 0 Å². The fraction of sp³-hybridized carbons (Fsp3) is 0.571. The first-order chi connectivity index (χ1) is 5.16. The van der Waals surface area contributed by atoms with Crippen molar-refractivity contribution in [1.82, 2.24) is 0 Å². The number of aliphatic hydroxyl groups excluding tert-OH is 1.